The van der Waals surface area contributed by atoms with Gasteiger partial charge in [-0.1, -0.05) is 35.5 Å². The third kappa shape index (κ3) is 4.44. The van der Waals surface area contributed by atoms with Crippen molar-refractivity contribution in [3.63, 3.8) is 0 Å². The first-order valence-corrected chi connectivity index (χ1v) is 11.4. The second-order valence-corrected chi connectivity index (χ2v) is 9.56. The van der Waals surface area contributed by atoms with Gasteiger partial charge in [0.1, 0.15) is 16.9 Å². The minimum absolute atomic E-state index is 0.000680. The maximum absolute atomic E-state index is 13.0. The van der Waals surface area contributed by atoms with Crippen LogP contribution in [0.5, 0.6) is 0 Å². The highest BCUT2D eigenvalue weighted by molar-refractivity contribution is 5.99. The number of nitrogens with zero attached hydrogens (tertiary/aromatic N) is 7. The molecule has 0 bridgehead atoms. The summed E-state index contributed by atoms with van der Waals surface area (Å²) in [5.41, 5.74) is 4.18. The molecular formula is C26H27N7O2. The number of carbonyl (C=O) groups excluding carboxylic acids is 1. The average Bonchev–Trinajstić information content (AvgIpc) is 3.55. The van der Waals surface area contributed by atoms with E-state index < -0.39 is 11.7 Å². The van der Waals surface area contributed by atoms with E-state index in [1.165, 1.54) is 4.57 Å². The van der Waals surface area contributed by atoms with Crippen molar-refractivity contribution < 1.29 is 9.53 Å². The van der Waals surface area contributed by atoms with Gasteiger partial charge >= 0.3 is 6.09 Å². The summed E-state index contributed by atoms with van der Waals surface area (Å²) in [4.78, 5) is 17.6. The molecule has 0 spiro atoms. The molecule has 4 heterocycles. The van der Waals surface area contributed by atoms with Gasteiger partial charge in [0.2, 0.25) is 0 Å². The van der Waals surface area contributed by atoms with E-state index in [4.69, 9.17) is 4.74 Å². The minimum Gasteiger partial charge on any atom is -0.443 e. The standard InChI is InChI=1S/C26H27N7O2/c1-17(18-9-7-6-8-10-18)33-16-23(29-30-33)22-15-32(25(34)35-26(2,3)4)24-21(22)11-19(12-27-24)20-13-28-31(5)14-20/h6-17H,1-5H3. The van der Waals surface area contributed by atoms with E-state index in [9.17, 15) is 4.79 Å². The van der Waals surface area contributed by atoms with Gasteiger partial charge in [-0.25, -0.2) is 19.0 Å². The first-order chi connectivity index (χ1) is 16.7. The van der Waals surface area contributed by atoms with E-state index in [1.807, 2.05) is 69.2 Å². The molecule has 9 nitrogen and oxygen atoms in total. The summed E-state index contributed by atoms with van der Waals surface area (Å²) in [6, 6.07) is 12.1. The number of hydrogen-bond acceptors (Lipinski definition) is 6. The van der Waals surface area contributed by atoms with Crippen molar-refractivity contribution in [2.75, 3.05) is 0 Å². The number of rotatable bonds is 4. The summed E-state index contributed by atoms with van der Waals surface area (Å²) in [6.45, 7) is 7.58. The Morgan fingerprint density at radius 1 is 1.03 bits per heavy atom. The van der Waals surface area contributed by atoms with Gasteiger partial charge in [0, 0.05) is 47.7 Å². The van der Waals surface area contributed by atoms with Crippen LogP contribution in [0, 0.1) is 0 Å². The third-order valence-electron chi connectivity index (χ3n) is 5.74. The van der Waals surface area contributed by atoms with E-state index in [-0.39, 0.29) is 6.04 Å². The molecule has 5 rings (SSSR count). The van der Waals surface area contributed by atoms with Gasteiger partial charge in [-0.2, -0.15) is 5.10 Å². The zero-order chi connectivity index (χ0) is 24.7. The van der Waals surface area contributed by atoms with Gasteiger partial charge in [-0.15, -0.1) is 5.10 Å². The summed E-state index contributed by atoms with van der Waals surface area (Å²) in [5, 5.41) is 13.9. The lowest BCUT2D eigenvalue weighted by molar-refractivity contribution is 0.0543. The van der Waals surface area contributed by atoms with Crippen molar-refractivity contribution in [2.45, 2.75) is 39.3 Å². The van der Waals surface area contributed by atoms with Crippen LogP contribution >= 0.6 is 0 Å². The Morgan fingerprint density at radius 3 is 2.49 bits per heavy atom. The van der Waals surface area contributed by atoms with Gasteiger partial charge in [0.15, 0.2) is 0 Å². The maximum Gasteiger partial charge on any atom is 0.420 e. The molecule has 0 saturated heterocycles. The molecule has 0 aliphatic carbocycles. The largest absolute Gasteiger partial charge is 0.443 e. The molecule has 1 unspecified atom stereocenters. The van der Waals surface area contributed by atoms with Gasteiger partial charge < -0.3 is 4.74 Å². The van der Waals surface area contributed by atoms with Crippen LogP contribution in [0.15, 0.2) is 67.4 Å². The monoisotopic (exact) mass is 469 g/mol. The Hall–Kier alpha value is -4.27. The van der Waals surface area contributed by atoms with Crippen LogP contribution in [0.3, 0.4) is 0 Å². The fourth-order valence-electron chi connectivity index (χ4n) is 3.96. The molecule has 0 fully saturated rings. The number of fused-ring (bicyclic) bond motifs is 1. The van der Waals surface area contributed by atoms with Gasteiger partial charge in [-0.05, 0) is 39.3 Å². The van der Waals surface area contributed by atoms with Crippen LogP contribution in [-0.2, 0) is 11.8 Å². The average molecular weight is 470 g/mol. The molecule has 1 atom stereocenters. The molecule has 0 aliphatic rings. The predicted molar refractivity (Wildman–Crippen MR) is 133 cm³/mol. The first kappa shape index (κ1) is 22.5. The molecule has 5 aromatic rings. The SMILES string of the molecule is CC(c1ccccc1)n1cc(-c2cn(C(=O)OC(C)(C)C)c3ncc(-c4cnn(C)c4)cc23)nn1. The smallest absolute Gasteiger partial charge is 0.420 e. The summed E-state index contributed by atoms with van der Waals surface area (Å²) in [6.07, 6.45) is 8.55. The Balaban J connectivity index is 1.62. The number of pyridine rings is 1. The van der Waals surface area contributed by atoms with Crippen molar-refractivity contribution in [1.82, 2.24) is 34.3 Å². The van der Waals surface area contributed by atoms with Gasteiger partial charge in [0.25, 0.3) is 0 Å². The number of hydrogen-bond donors (Lipinski definition) is 0. The summed E-state index contributed by atoms with van der Waals surface area (Å²) in [7, 11) is 1.87. The maximum atomic E-state index is 13.0. The third-order valence-corrected chi connectivity index (χ3v) is 5.74. The predicted octanol–water partition coefficient (Wildman–Crippen LogP) is 5.09. The van der Waals surface area contributed by atoms with Gasteiger partial charge in [-0.3, -0.25) is 4.68 Å². The zero-order valence-electron chi connectivity index (χ0n) is 20.4. The molecular weight excluding hydrogens is 442 g/mol. The van der Waals surface area contributed by atoms with Crippen molar-refractivity contribution in [3.8, 4) is 22.4 Å². The zero-order valence-corrected chi connectivity index (χ0v) is 20.4. The highest BCUT2D eigenvalue weighted by Gasteiger charge is 2.24. The van der Waals surface area contributed by atoms with Crippen molar-refractivity contribution >= 4 is 17.1 Å². The number of carbonyl (C=O) groups is 1. The molecule has 0 amide bonds. The Kier molecular flexibility index (Phi) is 5.47. The minimum atomic E-state index is -0.641. The van der Waals surface area contributed by atoms with E-state index >= 15 is 0 Å². The second kappa shape index (κ2) is 8.50. The lowest BCUT2D eigenvalue weighted by Gasteiger charge is -2.19. The van der Waals surface area contributed by atoms with E-state index in [1.54, 1.807) is 23.3 Å². The van der Waals surface area contributed by atoms with Crippen LogP contribution in [0.4, 0.5) is 4.79 Å². The number of aryl methyl sites for hydroxylation is 1. The van der Waals surface area contributed by atoms with Crippen LogP contribution in [-0.4, -0.2) is 46.0 Å². The van der Waals surface area contributed by atoms with E-state index in [2.05, 4.69) is 39.5 Å². The number of aromatic nitrogens is 7. The lowest BCUT2D eigenvalue weighted by atomic mass is 10.1. The Labute approximate surface area is 203 Å². The molecule has 9 heteroatoms. The van der Waals surface area contributed by atoms with Crippen LogP contribution in [0.25, 0.3) is 33.4 Å². The molecule has 35 heavy (non-hydrogen) atoms. The van der Waals surface area contributed by atoms with Crippen LogP contribution in [0.2, 0.25) is 0 Å². The molecule has 4 aromatic heterocycles. The summed E-state index contributed by atoms with van der Waals surface area (Å²) >= 11 is 0. The Morgan fingerprint density at radius 2 is 1.80 bits per heavy atom. The topological polar surface area (TPSA) is 92.7 Å². The van der Waals surface area contributed by atoms with E-state index in [0.29, 0.717) is 11.3 Å². The summed E-state index contributed by atoms with van der Waals surface area (Å²) in [5.74, 6) is 0. The molecule has 0 N–H and O–H groups in total. The molecule has 0 radical (unpaired) electrons. The number of benzene rings is 1. The van der Waals surface area contributed by atoms with Crippen LogP contribution in [0.1, 0.15) is 39.3 Å². The highest BCUT2D eigenvalue weighted by Crippen LogP contribution is 2.32. The first-order valence-electron chi connectivity index (χ1n) is 11.4. The highest BCUT2D eigenvalue weighted by atomic mass is 16.6. The number of ether oxygens (including phenoxy) is 1. The molecule has 1 aromatic carbocycles. The van der Waals surface area contributed by atoms with E-state index in [0.717, 1.165) is 27.6 Å². The Bertz CT molecular complexity index is 1510. The quantitative estimate of drug-likeness (QED) is 0.364. The van der Waals surface area contributed by atoms with Gasteiger partial charge in [0.05, 0.1) is 18.4 Å². The normalized spacial score (nSPS) is 12.7. The summed E-state index contributed by atoms with van der Waals surface area (Å²) < 4.78 is 10.6. The lowest BCUT2D eigenvalue weighted by Crippen LogP contribution is -2.26. The molecule has 0 aliphatic heterocycles. The van der Waals surface area contributed by atoms with Crippen LogP contribution < -0.4 is 0 Å². The van der Waals surface area contributed by atoms with Crippen molar-refractivity contribution in [3.05, 3.63) is 72.9 Å². The fourth-order valence-corrected chi connectivity index (χ4v) is 3.96. The molecule has 178 valence electrons. The molecule has 0 saturated carbocycles. The second-order valence-electron chi connectivity index (χ2n) is 9.56. The van der Waals surface area contributed by atoms with Crippen molar-refractivity contribution in [1.29, 1.82) is 0 Å². The van der Waals surface area contributed by atoms with Crippen molar-refractivity contribution in [2.24, 2.45) is 7.05 Å². The fraction of sp³-hybridized carbons (Fsp3) is 0.269.